The van der Waals surface area contributed by atoms with Crippen LogP contribution in [0.1, 0.15) is 48.5 Å². The predicted octanol–water partition coefficient (Wildman–Crippen LogP) is -1.83. The Morgan fingerprint density at radius 1 is 0.568 bits per heavy atom. The molecular formula is C26H37NO17. The summed E-state index contributed by atoms with van der Waals surface area (Å²) in [5.74, 6) is -5.68. The number of hydrogen-bond acceptors (Lipinski definition) is 17. The molecule has 0 aromatic rings. The molecule has 1 amide bonds. The second-order valence-corrected chi connectivity index (χ2v) is 9.84. The molecule has 2 aliphatic rings. The standard InChI is InChI=1S/C26H37NO17/c1-10(28)27-19-22(39-14(5)32)20(17(42-25(19)35)8-36-11(2)29)44-26-24(41-16(7)34)23(40-15(6)33)21(38-13(4)31)18(43-26)9-37-12(3)30/h17-26,35H,8-9H2,1-7H3,(H,27,28)/t17-,18-,19+,20-,21+,22+,23-,24+,25-,26+/m1/s1. The minimum Gasteiger partial charge on any atom is -0.463 e. The van der Waals surface area contributed by atoms with Crippen molar-refractivity contribution in [2.75, 3.05) is 13.2 Å². The van der Waals surface area contributed by atoms with E-state index in [0.717, 1.165) is 48.5 Å². The third-order valence-corrected chi connectivity index (χ3v) is 6.03. The van der Waals surface area contributed by atoms with Crippen LogP contribution in [-0.2, 0) is 76.2 Å². The van der Waals surface area contributed by atoms with E-state index < -0.39 is 116 Å². The van der Waals surface area contributed by atoms with Gasteiger partial charge >= 0.3 is 35.8 Å². The molecular weight excluding hydrogens is 598 g/mol. The van der Waals surface area contributed by atoms with Crippen LogP contribution in [0.5, 0.6) is 0 Å². The smallest absolute Gasteiger partial charge is 0.303 e. The van der Waals surface area contributed by atoms with E-state index in [2.05, 4.69) is 5.32 Å². The molecule has 0 aromatic carbocycles. The maximum atomic E-state index is 12.2. The Balaban J connectivity index is 2.66. The van der Waals surface area contributed by atoms with Crippen LogP contribution >= 0.6 is 0 Å². The average molecular weight is 636 g/mol. The minimum absolute atomic E-state index is 0.559. The first-order chi connectivity index (χ1) is 20.5. The van der Waals surface area contributed by atoms with Crippen molar-refractivity contribution in [3.8, 4) is 0 Å². The fourth-order valence-electron chi connectivity index (χ4n) is 4.59. The lowest BCUT2D eigenvalue weighted by molar-refractivity contribution is -0.347. The Morgan fingerprint density at radius 2 is 1.00 bits per heavy atom. The van der Waals surface area contributed by atoms with Gasteiger partial charge in [0.1, 0.15) is 37.6 Å². The van der Waals surface area contributed by atoms with Crippen LogP contribution in [0.3, 0.4) is 0 Å². The molecule has 2 aliphatic heterocycles. The Hall–Kier alpha value is -3.87. The Morgan fingerprint density at radius 3 is 1.45 bits per heavy atom. The Labute approximate surface area is 251 Å². The van der Waals surface area contributed by atoms with Crippen LogP contribution in [0.15, 0.2) is 0 Å². The monoisotopic (exact) mass is 635 g/mol. The maximum absolute atomic E-state index is 12.2. The third kappa shape index (κ3) is 10.7. The van der Waals surface area contributed by atoms with E-state index >= 15 is 0 Å². The SMILES string of the molecule is CC(=O)N[C@H]1[C@H](OC(C)=O)[C@H](O[C@@H]2O[C@H](COC(C)=O)[C@H](OC(C)=O)[C@@H](OC(C)=O)[C@@H]2OC(C)=O)[C@@H](COC(C)=O)O[C@H]1O. The second kappa shape index (κ2) is 16.3. The zero-order chi connectivity index (χ0) is 33.3. The zero-order valence-electron chi connectivity index (χ0n) is 25.2. The van der Waals surface area contributed by atoms with E-state index in [4.69, 9.17) is 42.6 Å². The van der Waals surface area contributed by atoms with Crippen molar-refractivity contribution in [2.24, 2.45) is 0 Å². The highest BCUT2D eigenvalue weighted by Crippen LogP contribution is 2.34. The second-order valence-electron chi connectivity index (χ2n) is 9.84. The average Bonchev–Trinajstić information content (AvgIpc) is 2.87. The first-order valence-corrected chi connectivity index (χ1v) is 13.4. The number of nitrogens with one attached hydrogen (secondary N) is 1. The fourth-order valence-corrected chi connectivity index (χ4v) is 4.59. The number of ether oxygens (including phenoxy) is 9. The maximum Gasteiger partial charge on any atom is 0.303 e. The predicted molar refractivity (Wildman–Crippen MR) is 138 cm³/mol. The van der Waals surface area contributed by atoms with Gasteiger partial charge in [0.2, 0.25) is 5.91 Å². The fraction of sp³-hybridized carbons (Fsp3) is 0.731. The first kappa shape index (κ1) is 36.3. The van der Waals surface area contributed by atoms with Crippen molar-refractivity contribution >= 4 is 41.7 Å². The number of amides is 1. The lowest BCUT2D eigenvalue weighted by atomic mass is 9.95. The topological polar surface area (TPSA) is 235 Å². The molecule has 0 radical (unpaired) electrons. The van der Waals surface area contributed by atoms with Gasteiger partial charge in [0, 0.05) is 48.5 Å². The van der Waals surface area contributed by atoms with E-state index in [0.29, 0.717) is 0 Å². The number of carbonyl (C=O) groups is 7. The van der Waals surface area contributed by atoms with Crippen molar-refractivity contribution in [1.82, 2.24) is 5.32 Å². The van der Waals surface area contributed by atoms with Crippen LogP contribution in [0, 0.1) is 0 Å². The quantitative estimate of drug-likeness (QED) is 0.188. The van der Waals surface area contributed by atoms with E-state index in [9.17, 15) is 38.7 Å². The lowest BCUT2D eigenvalue weighted by Crippen LogP contribution is -2.68. The van der Waals surface area contributed by atoms with E-state index in [1.54, 1.807) is 0 Å². The summed E-state index contributed by atoms with van der Waals surface area (Å²) in [5.41, 5.74) is 0. The number of esters is 6. The summed E-state index contributed by atoms with van der Waals surface area (Å²) in [7, 11) is 0. The van der Waals surface area contributed by atoms with E-state index in [1.807, 2.05) is 0 Å². The molecule has 248 valence electrons. The number of aliphatic hydroxyl groups is 1. The van der Waals surface area contributed by atoms with Gasteiger partial charge in [-0.3, -0.25) is 33.6 Å². The molecule has 0 aliphatic carbocycles. The summed E-state index contributed by atoms with van der Waals surface area (Å²) in [6.07, 6.45) is -14.2. The van der Waals surface area contributed by atoms with Gasteiger partial charge < -0.3 is 53.1 Å². The summed E-state index contributed by atoms with van der Waals surface area (Å²) < 4.78 is 49.2. The molecule has 18 nitrogen and oxygen atoms in total. The normalized spacial score (nSPS) is 31.5. The van der Waals surface area contributed by atoms with Gasteiger partial charge in [0.05, 0.1) is 0 Å². The Bertz CT molecular complexity index is 1090. The lowest BCUT2D eigenvalue weighted by Gasteiger charge is -2.48. The summed E-state index contributed by atoms with van der Waals surface area (Å²) in [5, 5.41) is 13.1. The van der Waals surface area contributed by atoms with Gasteiger partial charge in [-0.05, 0) is 0 Å². The zero-order valence-corrected chi connectivity index (χ0v) is 25.2. The van der Waals surface area contributed by atoms with E-state index in [1.165, 1.54) is 0 Å². The number of hydrogen-bond donors (Lipinski definition) is 2. The minimum atomic E-state index is -1.79. The van der Waals surface area contributed by atoms with Gasteiger partial charge in [-0.25, -0.2) is 0 Å². The molecule has 2 heterocycles. The molecule has 0 spiro atoms. The van der Waals surface area contributed by atoms with Gasteiger partial charge in [0.15, 0.2) is 37.0 Å². The first-order valence-electron chi connectivity index (χ1n) is 13.4. The van der Waals surface area contributed by atoms with Crippen molar-refractivity contribution in [3.63, 3.8) is 0 Å². The molecule has 0 bridgehead atoms. The molecule has 2 saturated heterocycles. The summed E-state index contributed by atoms with van der Waals surface area (Å²) in [4.78, 5) is 83.6. The number of rotatable bonds is 11. The molecule has 18 heteroatoms. The molecule has 10 atom stereocenters. The van der Waals surface area contributed by atoms with Crippen LogP contribution < -0.4 is 5.32 Å². The Kier molecular flexibility index (Phi) is 13.4. The molecule has 2 fully saturated rings. The van der Waals surface area contributed by atoms with Crippen molar-refractivity contribution in [3.05, 3.63) is 0 Å². The molecule has 0 aromatic heterocycles. The van der Waals surface area contributed by atoms with Crippen LogP contribution in [-0.4, -0.2) is 121 Å². The van der Waals surface area contributed by atoms with Gasteiger partial charge in [-0.2, -0.15) is 0 Å². The third-order valence-electron chi connectivity index (χ3n) is 6.03. The molecule has 44 heavy (non-hydrogen) atoms. The van der Waals surface area contributed by atoms with Gasteiger partial charge in [-0.15, -0.1) is 0 Å². The highest BCUT2D eigenvalue weighted by atomic mass is 16.8. The van der Waals surface area contributed by atoms with Crippen LogP contribution in [0.2, 0.25) is 0 Å². The summed E-state index contributed by atoms with van der Waals surface area (Å²) in [6, 6.07) is -1.43. The van der Waals surface area contributed by atoms with Gasteiger partial charge in [0.25, 0.3) is 0 Å². The van der Waals surface area contributed by atoms with Crippen LogP contribution in [0.4, 0.5) is 0 Å². The highest BCUT2D eigenvalue weighted by Gasteiger charge is 2.56. The van der Waals surface area contributed by atoms with Crippen LogP contribution in [0.25, 0.3) is 0 Å². The highest BCUT2D eigenvalue weighted by molar-refractivity contribution is 5.73. The summed E-state index contributed by atoms with van der Waals surface area (Å²) >= 11 is 0. The molecule has 0 saturated carbocycles. The van der Waals surface area contributed by atoms with Crippen molar-refractivity contribution in [2.45, 2.75) is 110 Å². The van der Waals surface area contributed by atoms with Crippen molar-refractivity contribution < 1.29 is 81.3 Å². The number of carbonyl (C=O) groups excluding carboxylic acids is 7. The molecule has 0 unspecified atom stereocenters. The molecule has 2 rings (SSSR count). The molecule has 2 N–H and O–H groups in total. The largest absolute Gasteiger partial charge is 0.463 e. The van der Waals surface area contributed by atoms with Gasteiger partial charge in [-0.1, -0.05) is 0 Å². The van der Waals surface area contributed by atoms with Crippen molar-refractivity contribution in [1.29, 1.82) is 0 Å². The van der Waals surface area contributed by atoms with E-state index in [-0.39, 0.29) is 0 Å². The summed E-state index contributed by atoms with van der Waals surface area (Å²) in [6.45, 7) is 6.33. The number of aliphatic hydroxyl groups excluding tert-OH is 1.